The highest BCUT2D eigenvalue weighted by molar-refractivity contribution is 6.05. The Morgan fingerprint density at radius 2 is 1.90 bits per heavy atom. The molecule has 2 aliphatic heterocycles. The van der Waals surface area contributed by atoms with Crippen LogP contribution in [0.25, 0.3) is 22.4 Å². The third kappa shape index (κ3) is 6.10. The number of rotatable bonds is 9. The van der Waals surface area contributed by atoms with Crippen LogP contribution in [0.3, 0.4) is 0 Å². The highest BCUT2D eigenvalue weighted by Gasteiger charge is 2.21. The van der Waals surface area contributed by atoms with Gasteiger partial charge in [0, 0.05) is 29.4 Å². The molecule has 0 bridgehead atoms. The summed E-state index contributed by atoms with van der Waals surface area (Å²) in [7, 11) is 0. The number of piperidine rings is 1. The molecule has 0 saturated carbocycles. The maximum absolute atomic E-state index is 13.0. The largest absolute Gasteiger partial charge is 0.341 e. The van der Waals surface area contributed by atoms with E-state index in [1.807, 2.05) is 54.1 Å². The van der Waals surface area contributed by atoms with Gasteiger partial charge in [0.15, 0.2) is 5.82 Å². The van der Waals surface area contributed by atoms with Crippen molar-refractivity contribution in [2.75, 3.05) is 25.0 Å². The average molecular weight is 541 g/mol. The molecule has 4 aromatic rings. The Balaban J connectivity index is 1.06. The summed E-state index contributed by atoms with van der Waals surface area (Å²) in [5.41, 5.74) is 4.10. The van der Waals surface area contributed by atoms with Crippen LogP contribution in [0.5, 0.6) is 0 Å². The zero-order valence-corrected chi connectivity index (χ0v) is 23.6. The Labute approximate surface area is 235 Å². The lowest BCUT2D eigenvalue weighted by atomic mass is 9.93. The minimum atomic E-state index is -0.149. The number of nitrogens with zero attached hydrogens (tertiary/aromatic N) is 5. The van der Waals surface area contributed by atoms with E-state index in [1.54, 1.807) is 0 Å². The van der Waals surface area contributed by atoms with Gasteiger partial charge >= 0.3 is 0 Å². The maximum Gasteiger partial charge on any atom is 0.255 e. The molecule has 4 heterocycles. The molecule has 210 valence electrons. The van der Waals surface area contributed by atoms with Crippen LogP contribution in [0.15, 0.2) is 42.5 Å². The maximum atomic E-state index is 13.0. The minimum Gasteiger partial charge on any atom is -0.341 e. The molecule has 1 amide bonds. The number of fused-ring (bicyclic) bond motifs is 1. The molecule has 2 aromatic carbocycles. The topological polar surface area (TPSA) is 104 Å². The lowest BCUT2D eigenvalue weighted by Gasteiger charge is -2.22. The van der Waals surface area contributed by atoms with Gasteiger partial charge in [0.05, 0.1) is 17.6 Å². The third-order valence-corrected chi connectivity index (χ3v) is 8.54. The molecule has 2 aliphatic rings. The number of imidazole rings is 1. The van der Waals surface area contributed by atoms with E-state index >= 15 is 0 Å². The van der Waals surface area contributed by atoms with Gasteiger partial charge in [-0.25, -0.2) is 14.6 Å². The molecule has 6 rings (SSSR count). The van der Waals surface area contributed by atoms with Crippen LogP contribution < -0.4 is 10.6 Å². The molecule has 9 heteroatoms. The molecule has 1 atom stereocenters. The van der Waals surface area contributed by atoms with Crippen molar-refractivity contribution >= 4 is 22.6 Å². The van der Waals surface area contributed by atoms with Gasteiger partial charge in [0.25, 0.3) is 5.91 Å². The molecule has 9 nitrogen and oxygen atoms in total. The van der Waals surface area contributed by atoms with E-state index in [2.05, 4.69) is 32.4 Å². The highest BCUT2D eigenvalue weighted by atomic mass is 16.1. The molecule has 2 saturated heterocycles. The molecule has 0 radical (unpaired) electrons. The van der Waals surface area contributed by atoms with Gasteiger partial charge in [0.2, 0.25) is 0 Å². The molecule has 0 aliphatic carbocycles. The van der Waals surface area contributed by atoms with Crippen molar-refractivity contribution in [3.63, 3.8) is 0 Å². The Bertz CT molecular complexity index is 1450. The predicted octanol–water partition coefficient (Wildman–Crippen LogP) is 5.15. The average Bonchev–Trinajstić information content (AvgIpc) is 3.67. The minimum absolute atomic E-state index is 0.149. The number of benzene rings is 2. The van der Waals surface area contributed by atoms with E-state index < -0.39 is 0 Å². The molecule has 0 spiro atoms. The van der Waals surface area contributed by atoms with Gasteiger partial charge in [-0.15, -0.1) is 0 Å². The van der Waals surface area contributed by atoms with Crippen LogP contribution in [-0.2, 0) is 13.1 Å². The van der Waals surface area contributed by atoms with Gasteiger partial charge in [-0.3, -0.25) is 9.69 Å². The van der Waals surface area contributed by atoms with Crippen LogP contribution in [0.2, 0.25) is 0 Å². The van der Waals surface area contributed by atoms with Crippen molar-refractivity contribution in [3.8, 4) is 11.4 Å². The van der Waals surface area contributed by atoms with Crippen molar-refractivity contribution in [2.45, 2.75) is 71.5 Å². The number of aromatic nitrogens is 5. The van der Waals surface area contributed by atoms with Crippen molar-refractivity contribution in [2.24, 2.45) is 5.92 Å². The summed E-state index contributed by atoms with van der Waals surface area (Å²) in [6.07, 6.45) is 7.41. The van der Waals surface area contributed by atoms with Gasteiger partial charge in [0.1, 0.15) is 11.6 Å². The smallest absolute Gasteiger partial charge is 0.255 e. The summed E-state index contributed by atoms with van der Waals surface area (Å²) in [5, 5.41) is 11.2. The number of nitrogens with one attached hydrogen (secondary N) is 3. The van der Waals surface area contributed by atoms with E-state index in [4.69, 9.17) is 10.1 Å². The Morgan fingerprint density at radius 3 is 2.67 bits per heavy atom. The number of carbonyl (C=O) groups is 1. The van der Waals surface area contributed by atoms with Gasteiger partial charge in [-0.1, -0.05) is 12.1 Å². The fourth-order valence-corrected chi connectivity index (χ4v) is 6.06. The number of aromatic amines is 1. The number of carbonyl (C=O) groups excluding carboxylic acids is 1. The van der Waals surface area contributed by atoms with Crippen LogP contribution in [0, 0.1) is 12.8 Å². The van der Waals surface area contributed by atoms with E-state index in [9.17, 15) is 4.79 Å². The quantitative estimate of drug-likeness (QED) is 0.271. The summed E-state index contributed by atoms with van der Waals surface area (Å²) < 4.78 is 2.01. The number of amides is 1. The fourth-order valence-electron chi connectivity index (χ4n) is 6.06. The first kappa shape index (κ1) is 26.7. The Morgan fingerprint density at radius 1 is 1.07 bits per heavy atom. The second-order valence-electron chi connectivity index (χ2n) is 11.4. The molecular formula is C31H40N8O. The summed E-state index contributed by atoms with van der Waals surface area (Å²) in [4.78, 5) is 28.3. The number of likely N-dealkylation sites (tertiary alicyclic amines) is 1. The first-order valence-corrected chi connectivity index (χ1v) is 14.8. The summed E-state index contributed by atoms with van der Waals surface area (Å²) in [6.45, 7) is 9.41. The number of aryl methyl sites for hydroxylation is 2. The monoisotopic (exact) mass is 540 g/mol. The lowest BCUT2D eigenvalue weighted by Crippen LogP contribution is -2.27. The van der Waals surface area contributed by atoms with Crippen LogP contribution >= 0.6 is 0 Å². The van der Waals surface area contributed by atoms with Crippen molar-refractivity contribution in [3.05, 3.63) is 59.7 Å². The second-order valence-corrected chi connectivity index (χ2v) is 11.4. The summed E-state index contributed by atoms with van der Waals surface area (Å²) >= 11 is 0. The Hall–Kier alpha value is -3.56. The summed E-state index contributed by atoms with van der Waals surface area (Å²) in [6, 6.07) is 13.9. The Kier molecular flexibility index (Phi) is 7.93. The van der Waals surface area contributed by atoms with Gasteiger partial charge < -0.3 is 15.6 Å². The first-order valence-electron chi connectivity index (χ1n) is 14.8. The van der Waals surface area contributed by atoms with Gasteiger partial charge in [-0.2, -0.15) is 5.10 Å². The van der Waals surface area contributed by atoms with E-state index in [1.165, 1.54) is 32.1 Å². The van der Waals surface area contributed by atoms with Gasteiger partial charge in [-0.05, 0) is 108 Å². The normalized spacial score (nSPS) is 18.5. The number of hydrogen-bond donors (Lipinski definition) is 3. The molecule has 40 heavy (non-hydrogen) atoms. The highest BCUT2D eigenvalue weighted by Crippen LogP contribution is 2.23. The van der Waals surface area contributed by atoms with Crippen LogP contribution in [0.4, 0.5) is 5.69 Å². The van der Waals surface area contributed by atoms with Crippen molar-refractivity contribution in [1.82, 2.24) is 34.9 Å². The second kappa shape index (κ2) is 11.9. The molecule has 0 unspecified atom stereocenters. The summed E-state index contributed by atoms with van der Waals surface area (Å²) in [5.74, 6) is 3.27. The molecule has 2 fully saturated rings. The lowest BCUT2D eigenvalue weighted by molar-refractivity contribution is 0.102. The number of anilines is 1. The SMILES string of the molecule is Cc1nc(-c2ccc(C(=O)Nc3ccc4nc(CN5CCC[C@@H]5C)[nH]c4c3)cc2)nn1CCCC1CCNCC1. The van der Waals surface area contributed by atoms with Crippen LogP contribution in [-0.4, -0.2) is 61.2 Å². The zero-order valence-electron chi connectivity index (χ0n) is 23.6. The third-order valence-electron chi connectivity index (χ3n) is 8.54. The standard InChI is InChI=1S/C31H40N8O/c1-21-5-3-17-38(21)20-29-35-27-12-11-26(19-28(27)36-29)34-31(40)25-9-7-24(8-10-25)30-33-22(2)39(37-30)18-4-6-23-13-15-32-16-14-23/h7-12,19,21,23,32H,3-6,13-18,20H2,1-2H3,(H,34,40)(H,35,36)/t21-/m0/s1. The fraction of sp³-hybridized carbons (Fsp3) is 0.484. The number of hydrogen-bond acceptors (Lipinski definition) is 6. The van der Waals surface area contributed by atoms with E-state index in [-0.39, 0.29) is 5.91 Å². The molecular weight excluding hydrogens is 500 g/mol. The molecule has 3 N–H and O–H groups in total. The van der Waals surface area contributed by atoms with Crippen LogP contribution in [0.1, 0.15) is 67.5 Å². The van der Waals surface area contributed by atoms with E-state index in [0.29, 0.717) is 17.4 Å². The van der Waals surface area contributed by atoms with Crippen molar-refractivity contribution < 1.29 is 4.79 Å². The van der Waals surface area contributed by atoms with E-state index in [0.717, 1.165) is 79.0 Å². The zero-order chi connectivity index (χ0) is 27.5. The first-order chi connectivity index (χ1) is 19.5. The molecule has 2 aromatic heterocycles. The predicted molar refractivity (Wildman–Crippen MR) is 158 cm³/mol. The van der Waals surface area contributed by atoms with Crippen molar-refractivity contribution in [1.29, 1.82) is 0 Å². The number of H-pyrrole nitrogens is 1.